The van der Waals surface area contributed by atoms with Crippen LogP contribution in [0.15, 0.2) is 0 Å². The third-order valence-corrected chi connectivity index (χ3v) is 4.82. The summed E-state index contributed by atoms with van der Waals surface area (Å²) in [4.78, 5) is 2.77. The van der Waals surface area contributed by atoms with Gasteiger partial charge in [-0.05, 0) is 37.6 Å². The molecule has 2 heteroatoms. The van der Waals surface area contributed by atoms with Crippen LogP contribution in [0, 0.1) is 11.8 Å². The minimum Gasteiger partial charge on any atom is -0.311 e. The maximum absolute atomic E-state index is 3.76. The van der Waals surface area contributed by atoms with Crippen LogP contribution in [-0.2, 0) is 0 Å². The summed E-state index contributed by atoms with van der Waals surface area (Å²) in [6, 6.07) is 1.48. The Balaban J connectivity index is 2.22. The van der Waals surface area contributed by atoms with Gasteiger partial charge in [0.1, 0.15) is 0 Å². The number of hydrogen-bond acceptors (Lipinski definition) is 2. The van der Waals surface area contributed by atoms with Crippen molar-refractivity contribution in [2.24, 2.45) is 11.8 Å². The molecule has 1 aliphatic rings. The molecule has 2 atom stereocenters. The van der Waals surface area contributed by atoms with Crippen LogP contribution < -0.4 is 5.32 Å². The molecule has 0 aromatic rings. The molecule has 1 N–H and O–H groups in total. The average Bonchev–Trinajstić information content (AvgIpc) is 2.42. The Morgan fingerprint density at radius 2 is 1.71 bits per heavy atom. The van der Waals surface area contributed by atoms with E-state index < -0.39 is 0 Å². The first-order valence-corrected chi connectivity index (χ1v) is 9.50. The molecule has 0 spiro atoms. The van der Waals surface area contributed by atoms with E-state index in [1.54, 1.807) is 0 Å². The van der Waals surface area contributed by atoms with E-state index in [0.717, 1.165) is 17.9 Å². The van der Waals surface area contributed by atoms with Gasteiger partial charge in [0.25, 0.3) is 0 Å². The summed E-state index contributed by atoms with van der Waals surface area (Å²) in [5, 5.41) is 3.76. The molecular formula is C19H40N2. The minimum absolute atomic E-state index is 0.716. The number of rotatable bonds is 10. The van der Waals surface area contributed by atoms with Crippen molar-refractivity contribution in [2.75, 3.05) is 19.6 Å². The summed E-state index contributed by atoms with van der Waals surface area (Å²) in [5.41, 5.74) is 0. The summed E-state index contributed by atoms with van der Waals surface area (Å²) < 4.78 is 0. The van der Waals surface area contributed by atoms with Crippen molar-refractivity contribution >= 4 is 0 Å². The van der Waals surface area contributed by atoms with Gasteiger partial charge < -0.3 is 5.32 Å². The van der Waals surface area contributed by atoms with E-state index >= 15 is 0 Å². The van der Waals surface area contributed by atoms with Crippen LogP contribution in [0.5, 0.6) is 0 Å². The van der Waals surface area contributed by atoms with E-state index in [-0.39, 0.29) is 0 Å². The Hall–Kier alpha value is -0.0800. The zero-order valence-electron chi connectivity index (χ0n) is 15.3. The molecule has 126 valence electrons. The molecule has 0 aliphatic carbocycles. The molecule has 1 aliphatic heterocycles. The fourth-order valence-electron chi connectivity index (χ4n) is 3.55. The van der Waals surface area contributed by atoms with Gasteiger partial charge in [0.05, 0.1) is 0 Å². The quantitative estimate of drug-likeness (QED) is 0.588. The molecule has 1 rings (SSSR count). The van der Waals surface area contributed by atoms with E-state index in [9.17, 15) is 0 Å². The second-order valence-electron chi connectivity index (χ2n) is 7.89. The highest BCUT2D eigenvalue weighted by Crippen LogP contribution is 2.17. The van der Waals surface area contributed by atoms with Gasteiger partial charge in [-0.1, -0.05) is 60.3 Å². The van der Waals surface area contributed by atoms with Crippen molar-refractivity contribution in [3.8, 4) is 0 Å². The fraction of sp³-hybridized carbons (Fsp3) is 1.00. The lowest BCUT2D eigenvalue weighted by Gasteiger charge is -2.40. The van der Waals surface area contributed by atoms with Gasteiger partial charge in [-0.15, -0.1) is 0 Å². The van der Waals surface area contributed by atoms with Crippen molar-refractivity contribution in [1.82, 2.24) is 10.2 Å². The molecule has 1 saturated heterocycles. The Morgan fingerprint density at radius 1 is 1.00 bits per heavy atom. The van der Waals surface area contributed by atoms with Crippen LogP contribution in [0.3, 0.4) is 0 Å². The molecule has 2 nitrogen and oxygen atoms in total. The first kappa shape index (κ1) is 19.0. The summed E-state index contributed by atoms with van der Waals surface area (Å²) in [6.07, 6.45) is 9.67. The van der Waals surface area contributed by atoms with E-state index in [0.29, 0.717) is 6.04 Å². The molecular weight excluding hydrogens is 256 g/mol. The molecule has 0 aromatic carbocycles. The lowest BCUT2D eigenvalue weighted by Crippen LogP contribution is -2.56. The molecule has 0 amide bonds. The average molecular weight is 297 g/mol. The zero-order valence-corrected chi connectivity index (χ0v) is 15.3. The number of nitrogens with one attached hydrogen (secondary N) is 1. The van der Waals surface area contributed by atoms with Gasteiger partial charge >= 0.3 is 0 Å². The SMILES string of the molecule is CCC1CNC(CC(C)C)CN1CCCCCCC(C)C. The van der Waals surface area contributed by atoms with Crippen molar-refractivity contribution in [3.63, 3.8) is 0 Å². The Kier molecular flexibility index (Phi) is 9.59. The van der Waals surface area contributed by atoms with Crippen molar-refractivity contribution in [1.29, 1.82) is 0 Å². The molecule has 2 unspecified atom stereocenters. The van der Waals surface area contributed by atoms with Crippen LogP contribution in [0.4, 0.5) is 0 Å². The highest BCUT2D eigenvalue weighted by molar-refractivity contribution is 4.85. The zero-order chi connectivity index (χ0) is 15.7. The van der Waals surface area contributed by atoms with Gasteiger partial charge in [-0.3, -0.25) is 4.90 Å². The van der Waals surface area contributed by atoms with Crippen LogP contribution in [0.25, 0.3) is 0 Å². The predicted molar refractivity (Wildman–Crippen MR) is 94.8 cm³/mol. The molecule has 0 saturated carbocycles. The molecule has 0 bridgehead atoms. The molecule has 21 heavy (non-hydrogen) atoms. The predicted octanol–water partition coefficient (Wildman–Crippen LogP) is 4.69. The number of hydrogen-bond donors (Lipinski definition) is 1. The van der Waals surface area contributed by atoms with Gasteiger partial charge in [-0.25, -0.2) is 0 Å². The maximum Gasteiger partial charge on any atom is 0.0218 e. The van der Waals surface area contributed by atoms with Crippen LogP contribution in [0.1, 0.15) is 79.6 Å². The first-order chi connectivity index (χ1) is 10.0. The molecule has 1 heterocycles. The van der Waals surface area contributed by atoms with E-state index in [1.807, 2.05) is 0 Å². The highest BCUT2D eigenvalue weighted by Gasteiger charge is 2.26. The van der Waals surface area contributed by atoms with Gasteiger partial charge in [0.2, 0.25) is 0 Å². The van der Waals surface area contributed by atoms with Crippen LogP contribution in [-0.4, -0.2) is 36.6 Å². The van der Waals surface area contributed by atoms with Crippen LogP contribution >= 0.6 is 0 Å². The van der Waals surface area contributed by atoms with Crippen molar-refractivity contribution < 1.29 is 0 Å². The number of unbranched alkanes of at least 4 members (excludes halogenated alkanes) is 3. The summed E-state index contributed by atoms with van der Waals surface area (Å²) in [6.45, 7) is 15.5. The summed E-state index contributed by atoms with van der Waals surface area (Å²) in [5.74, 6) is 1.68. The van der Waals surface area contributed by atoms with Gasteiger partial charge in [-0.2, -0.15) is 0 Å². The maximum atomic E-state index is 3.76. The lowest BCUT2D eigenvalue weighted by atomic mass is 9.98. The Bertz CT molecular complexity index is 250. The lowest BCUT2D eigenvalue weighted by molar-refractivity contribution is 0.116. The first-order valence-electron chi connectivity index (χ1n) is 9.50. The van der Waals surface area contributed by atoms with E-state index in [2.05, 4.69) is 44.8 Å². The topological polar surface area (TPSA) is 15.3 Å². The van der Waals surface area contributed by atoms with Gasteiger partial charge in [0, 0.05) is 25.2 Å². The largest absolute Gasteiger partial charge is 0.311 e. The normalized spacial score (nSPS) is 24.1. The summed E-state index contributed by atoms with van der Waals surface area (Å²) >= 11 is 0. The van der Waals surface area contributed by atoms with Crippen molar-refractivity contribution in [3.05, 3.63) is 0 Å². The van der Waals surface area contributed by atoms with E-state index in [4.69, 9.17) is 0 Å². The minimum atomic E-state index is 0.716. The second-order valence-corrected chi connectivity index (χ2v) is 7.89. The fourth-order valence-corrected chi connectivity index (χ4v) is 3.55. The Morgan fingerprint density at radius 3 is 2.33 bits per heavy atom. The molecule has 0 radical (unpaired) electrons. The third kappa shape index (κ3) is 8.21. The van der Waals surface area contributed by atoms with Gasteiger partial charge in [0.15, 0.2) is 0 Å². The number of nitrogens with zero attached hydrogens (tertiary/aromatic N) is 1. The third-order valence-electron chi connectivity index (χ3n) is 4.82. The molecule has 0 aromatic heterocycles. The molecule has 1 fully saturated rings. The summed E-state index contributed by atoms with van der Waals surface area (Å²) in [7, 11) is 0. The smallest absolute Gasteiger partial charge is 0.0218 e. The van der Waals surface area contributed by atoms with Crippen LogP contribution in [0.2, 0.25) is 0 Å². The Labute approximate surface area is 134 Å². The standard InChI is InChI=1S/C19H40N2/c1-6-19-14-20-18(13-17(4)5)15-21(19)12-10-8-7-9-11-16(2)3/h16-20H,6-15H2,1-5H3. The van der Waals surface area contributed by atoms with E-state index in [1.165, 1.54) is 64.6 Å². The highest BCUT2D eigenvalue weighted by atomic mass is 15.2. The second kappa shape index (κ2) is 10.6. The number of piperazine rings is 1. The van der Waals surface area contributed by atoms with Crippen molar-refractivity contribution in [2.45, 2.75) is 91.6 Å². The monoisotopic (exact) mass is 296 g/mol.